The van der Waals surface area contributed by atoms with E-state index in [4.69, 9.17) is 10.5 Å². The first kappa shape index (κ1) is 11.1. The van der Waals surface area contributed by atoms with Crippen molar-refractivity contribution in [2.24, 2.45) is 0 Å². The van der Waals surface area contributed by atoms with Crippen LogP contribution in [0, 0.1) is 0 Å². The first-order valence-electron chi connectivity index (χ1n) is 5.03. The third-order valence-electron chi connectivity index (χ3n) is 2.27. The van der Waals surface area contributed by atoms with Crippen LogP contribution in [-0.2, 0) is 6.42 Å². The van der Waals surface area contributed by atoms with E-state index in [0.29, 0.717) is 17.1 Å². The third kappa shape index (κ3) is 2.60. The smallest absolute Gasteiger partial charge is 0.239 e. The van der Waals surface area contributed by atoms with Crippen molar-refractivity contribution in [2.75, 3.05) is 12.8 Å². The molecule has 17 heavy (non-hydrogen) atoms. The number of hydrogen-bond acceptors (Lipinski definition) is 5. The highest BCUT2D eigenvalue weighted by Gasteiger charge is 2.10. The van der Waals surface area contributed by atoms with Gasteiger partial charge in [-0.25, -0.2) is 0 Å². The number of ether oxygens (including phenoxy) is 1. The molecule has 2 rings (SSSR count). The molecule has 6 nitrogen and oxygen atoms in total. The number of anilines is 1. The minimum absolute atomic E-state index is 0.0694. The maximum Gasteiger partial charge on any atom is 0.239 e. The van der Waals surface area contributed by atoms with Crippen LogP contribution in [0.3, 0.4) is 0 Å². The first-order valence-corrected chi connectivity index (χ1v) is 5.03. The second-order valence-electron chi connectivity index (χ2n) is 3.47. The second-order valence-corrected chi connectivity index (χ2v) is 3.47. The van der Waals surface area contributed by atoms with E-state index in [2.05, 4.69) is 15.2 Å². The summed E-state index contributed by atoms with van der Waals surface area (Å²) in [6.45, 7) is 0. The van der Waals surface area contributed by atoms with E-state index in [1.54, 1.807) is 31.4 Å². The average Bonchev–Trinajstić information content (AvgIpc) is 2.75. The Bertz CT molecular complexity index is 536. The molecule has 0 aliphatic carbocycles. The molecule has 0 aliphatic rings. The molecule has 88 valence electrons. The zero-order valence-corrected chi connectivity index (χ0v) is 9.30. The molecule has 0 amide bonds. The van der Waals surface area contributed by atoms with Gasteiger partial charge in [-0.2, -0.15) is 4.98 Å². The van der Waals surface area contributed by atoms with Crippen molar-refractivity contribution in [3.05, 3.63) is 35.7 Å². The number of ketones is 1. The van der Waals surface area contributed by atoms with Gasteiger partial charge >= 0.3 is 0 Å². The van der Waals surface area contributed by atoms with Gasteiger partial charge < -0.3 is 10.5 Å². The van der Waals surface area contributed by atoms with E-state index in [-0.39, 0.29) is 18.2 Å². The monoisotopic (exact) mass is 232 g/mol. The van der Waals surface area contributed by atoms with Crippen molar-refractivity contribution in [3.8, 4) is 5.75 Å². The molecule has 0 bridgehead atoms. The van der Waals surface area contributed by atoms with Gasteiger partial charge in [0.15, 0.2) is 5.78 Å². The Hall–Kier alpha value is -2.37. The lowest BCUT2D eigenvalue weighted by atomic mass is 10.1. The highest BCUT2D eigenvalue weighted by molar-refractivity contribution is 5.97. The number of aromatic nitrogens is 3. The minimum atomic E-state index is -0.0694. The molecule has 0 saturated carbocycles. The Balaban J connectivity index is 2.14. The lowest BCUT2D eigenvalue weighted by Gasteiger charge is -2.02. The summed E-state index contributed by atoms with van der Waals surface area (Å²) in [6.07, 6.45) is 0.136. The summed E-state index contributed by atoms with van der Waals surface area (Å²) < 4.78 is 5.05. The van der Waals surface area contributed by atoms with Crippen molar-refractivity contribution in [1.82, 2.24) is 15.2 Å². The quantitative estimate of drug-likeness (QED) is 0.761. The molecule has 1 aromatic heterocycles. The lowest BCUT2D eigenvalue weighted by Crippen LogP contribution is -2.05. The van der Waals surface area contributed by atoms with Crippen LogP contribution in [0.15, 0.2) is 24.3 Å². The molecule has 0 atom stereocenters. The average molecular weight is 232 g/mol. The summed E-state index contributed by atoms with van der Waals surface area (Å²) in [6, 6.07) is 6.96. The fraction of sp³-hybridized carbons (Fsp3) is 0.182. The van der Waals surface area contributed by atoms with Crippen molar-refractivity contribution in [3.63, 3.8) is 0 Å². The highest BCUT2D eigenvalue weighted by Crippen LogP contribution is 2.14. The van der Waals surface area contributed by atoms with Gasteiger partial charge in [-0.3, -0.25) is 9.89 Å². The van der Waals surface area contributed by atoms with Crippen molar-refractivity contribution in [1.29, 1.82) is 0 Å². The topological polar surface area (TPSA) is 93.9 Å². The van der Waals surface area contributed by atoms with Crippen LogP contribution < -0.4 is 10.5 Å². The van der Waals surface area contributed by atoms with E-state index in [1.165, 1.54) is 0 Å². The molecular formula is C11H12N4O2. The summed E-state index contributed by atoms with van der Waals surface area (Å²) in [5.41, 5.74) is 5.92. The number of rotatable bonds is 4. The predicted octanol–water partition coefficient (Wildman–Crippen LogP) is 0.821. The fourth-order valence-corrected chi connectivity index (χ4v) is 1.44. The highest BCUT2D eigenvalue weighted by atomic mass is 16.5. The molecule has 0 fully saturated rings. The molecule has 1 heterocycles. The van der Waals surface area contributed by atoms with Gasteiger partial charge in [0.2, 0.25) is 5.95 Å². The molecule has 0 spiro atoms. The summed E-state index contributed by atoms with van der Waals surface area (Å²) in [4.78, 5) is 15.8. The Kier molecular flexibility index (Phi) is 3.04. The largest absolute Gasteiger partial charge is 0.497 e. The maximum atomic E-state index is 11.9. The number of hydrogen-bond donors (Lipinski definition) is 2. The van der Waals surface area contributed by atoms with E-state index in [9.17, 15) is 4.79 Å². The van der Waals surface area contributed by atoms with E-state index in [1.807, 2.05) is 0 Å². The second kappa shape index (κ2) is 4.65. The Morgan fingerprint density at radius 1 is 1.53 bits per heavy atom. The molecule has 0 unspecified atom stereocenters. The van der Waals surface area contributed by atoms with E-state index >= 15 is 0 Å². The number of nitrogens with one attached hydrogen (secondary N) is 1. The van der Waals surface area contributed by atoms with Gasteiger partial charge in [0, 0.05) is 5.56 Å². The minimum Gasteiger partial charge on any atom is -0.497 e. The number of nitrogens with zero attached hydrogens (tertiary/aromatic N) is 2. The number of Topliss-reactive ketones (excluding diaryl/α,β-unsaturated/α-hetero) is 1. The van der Waals surface area contributed by atoms with E-state index < -0.39 is 0 Å². The number of methoxy groups -OCH3 is 1. The Morgan fingerprint density at radius 2 is 2.35 bits per heavy atom. The number of benzene rings is 1. The molecule has 0 saturated heterocycles. The lowest BCUT2D eigenvalue weighted by molar-refractivity contribution is 0.0990. The predicted molar refractivity (Wildman–Crippen MR) is 61.8 cm³/mol. The van der Waals surface area contributed by atoms with Crippen LogP contribution in [0.2, 0.25) is 0 Å². The van der Waals surface area contributed by atoms with Crippen molar-refractivity contribution >= 4 is 11.7 Å². The maximum absolute atomic E-state index is 11.9. The number of H-pyrrole nitrogens is 1. The normalized spacial score (nSPS) is 10.2. The fourth-order valence-electron chi connectivity index (χ4n) is 1.44. The molecule has 2 aromatic rings. The van der Waals surface area contributed by atoms with Crippen LogP contribution >= 0.6 is 0 Å². The van der Waals surface area contributed by atoms with Crippen LogP contribution in [0.1, 0.15) is 16.2 Å². The van der Waals surface area contributed by atoms with E-state index in [0.717, 1.165) is 0 Å². The number of aromatic amines is 1. The summed E-state index contributed by atoms with van der Waals surface area (Å²) in [5.74, 6) is 1.17. The molecular weight excluding hydrogens is 220 g/mol. The van der Waals surface area contributed by atoms with Gasteiger partial charge in [-0.05, 0) is 12.1 Å². The molecule has 0 aliphatic heterocycles. The van der Waals surface area contributed by atoms with Gasteiger partial charge in [-0.15, -0.1) is 5.10 Å². The standard InChI is InChI=1S/C11H12N4O2/c1-17-8-4-2-3-7(5-8)9(16)6-10-13-11(12)15-14-10/h2-5H,6H2,1H3,(H3,12,13,14,15). The van der Waals surface area contributed by atoms with Gasteiger partial charge in [0.1, 0.15) is 11.6 Å². The summed E-state index contributed by atoms with van der Waals surface area (Å²) in [7, 11) is 1.56. The SMILES string of the molecule is COc1cccc(C(=O)Cc2nc(N)n[nH]2)c1. The first-order chi connectivity index (χ1) is 8.19. The Morgan fingerprint density at radius 3 is 3.00 bits per heavy atom. The Labute approximate surface area is 97.8 Å². The van der Waals surface area contributed by atoms with Gasteiger partial charge in [0.05, 0.1) is 13.5 Å². The number of nitrogens with two attached hydrogens (primary N) is 1. The van der Waals surface area contributed by atoms with Crippen LogP contribution in [0.4, 0.5) is 5.95 Å². The van der Waals surface area contributed by atoms with Gasteiger partial charge in [-0.1, -0.05) is 12.1 Å². The molecule has 1 aromatic carbocycles. The molecule has 0 radical (unpaired) electrons. The molecule has 6 heteroatoms. The van der Waals surface area contributed by atoms with Crippen LogP contribution in [0.5, 0.6) is 5.75 Å². The molecule has 3 N–H and O–H groups in total. The van der Waals surface area contributed by atoms with Crippen molar-refractivity contribution in [2.45, 2.75) is 6.42 Å². The van der Waals surface area contributed by atoms with Crippen LogP contribution in [0.25, 0.3) is 0 Å². The number of carbonyl (C=O) groups excluding carboxylic acids is 1. The van der Waals surface area contributed by atoms with Crippen molar-refractivity contribution < 1.29 is 9.53 Å². The zero-order valence-electron chi connectivity index (χ0n) is 9.30. The van der Waals surface area contributed by atoms with Crippen LogP contribution in [-0.4, -0.2) is 28.1 Å². The number of carbonyl (C=O) groups is 1. The summed E-state index contributed by atoms with van der Waals surface area (Å²) >= 11 is 0. The zero-order chi connectivity index (χ0) is 12.3. The van der Waals surface area contributed by atoms with Gasteiger partial charge in [0.25, 0.3) is 0 Å². The third-order valence-corrected chi connectivity index (χ3v) is 2.27. The number of nitrogen functional groups attached to an aromatic ring is 1. The summed E-state index contributed by atoms with van der Waals surface area (Å²) in [5, 5.41) is 6.26.